The number of rotatable bonds is 14. The number of thioether (sulfide) groups is 1. The first kappa shape index (κ1) is 32.8. The average molecular weight is 659 g/mol. The van der Waals surface area contributed by atoms with E-state index in [0.29, 0.717) is 42.8 Å². The minimum atomic E-state index is -0.863. The van der Waals surface area contributed by atoms with E-state index in [0.717, 1.165) is 5.52 Å². The highest BCUT2D eigenvalue weighted by molar-refractivity contribution is 8.02. The molecule has 1 N–H and O–H groups in total. The third-order valence-electron chi connectivity index (χ3n) is 9.76. The van der Waals surface area contributed by atoms with Gasteiger partial charge in [0, 0.05) is 24.0 Å². The van der Waals surface area contributed by atoms with Crippen LogP contribution in [-0.4, -0.2) is 96.0 Å². The highest BCUT2D eigenvalue weighted by Crippen LogP contribution is 2.67. The van der Waals surface area contributed by atoms with E-state index in [1.165, 1.54) is 0 Å². The van der Waals surface area contributed by atoms with Crippen molar-refractivity contribution in [2.45, 2.75) is 61.9 Å². The number of hydrogen-bond acceptors (Lipinski definition) is 8. The molecule has 4 heterocycles. The number of nitrogens with zero attached hydrogens (tertiary/aromatic N) is 6. The smallest absolute Gasteiger partial charge is 0.248 e. The number of hydrogen-bond donors (Lipinski definition) is 1. The molecule has 1 aromatic heterocycles. The lowest BCUT2D eigenvalue weighted by Crippen LogP contribution is -2.57. The van der Waals surface area contributed by atoms with Crippen LogP contribution in [0.15, 0.2) is 73.8 Å². The van der Waals surface area contributed by atoms with Gasteiger partial charge in [-0.1, -0.05) is 36.4 Å². The van der Waals surface area contributed by atoms with Gasteiger partial charge in [0.15, 0.2) is 0 Å². The lowest BCUT2D eigenvalue weighted by Gasteiger charge is -2.39. The molecule has 3 fully saturated rings. The van der Waals surface area contributed by atoms with Gasteiger partial charge in [-0.2, -0.15) is 0 Å². The van der Waals surface area contributed by atoms with Crippen LogP contribution in [0.1, 0.15) is 33.1 Å². The Kier molecular flexibility index (Phi) is 9.43. The maximum Gasteiger partial charge on any atom is 0.248 e. The second-order valence-corrected chi connectivity index (χ2v) is 13.9. The summed E-state index contributed by atoms with van der Waals surface area (Å²) in [6.45, 7) is 12.5. The van der Waals surface area contributed by atoms with Crippen LogP contribution in [0.5, 0.6) is 5.75 Å². The number of ether oxygens (including phenoxy) is 1. The standard InChI is InChI=1S/C35H42N6O5S/c1-5-19-38(22-40-27-12-10-9-11-26(27)36-37-40)34(45)31-35-18-17-28(47-35)29(30(35)33(44)41(31)23(7-3)21-42)32(43)39(20-6-2)24-13-15-25(16-14-24)46-8-4/h5-6,9-16,23,28-31,42H,1-2,7-8,17-22H2,3-4H3/t23-,28-,29+,30-,31?,35?/m0/s1. The summed E-state index contributed by atoms with van der Waals surface area (Å²) in [5.41, 5.74) is 2.18. The highest BCUT2D eigenvalue weighted by atomic mass is 32.2. The van der Waals surface area contributed by atoms with Gasteiger partial charge in [0.05, 0.1) is 41.4 Å². The molecule has 3 aromatic rings. The number of fused-ring (bicyclic) bond motifs is 2. The normalized spacial score (nSPS) is 25.1. The molecule has 6 rings (SSSR count). The van der Waals surface area contributed by atoms with E-state index >= 15 is 0 Å². The van der Waals surface area contributed by atoms with Gasteiger partial charge in [-0.15, -0.1) is 30.0 Å². The maximum absolute atomic E-state index is 14.8. The van der Waals surface area contributed by atoms with E-state index in [1.807, 2.05) is 62.4 Å². The molecule has 3 aliphatic rings. The van der Waals surface area contributed by atoms with Crippen molar-refractivity contribution >= 4 is 46.2 Å². The van der Waals surface area contributed by atoms with E-state index in [-0.39, 0.29) is 49.3 Å². The second-order valence-electron chi connectivity index (χ2n) is 12.3. The minimum absolute atomic E-state index is 0.113. The quantitative estimate of drug-likeness (QED) is 0.259. The van der Waals surface area contributed by atoms with Crippen molar-refractivity contribution in [3.05, 3.63) is 73.8 Å². The lowest BCUT2D eigenvalue weighted by molar-refractivity contribution is -0.146. The molecule has 0 saturated carbocycles. The van der Waals surface area contributed by atoms with Crippen molar-refractivity contribution in [3.63, 3.8) is 0 Å². The molecule has 47 heavy (non-hydrogen) atoms. The zero-order valence-corrected chi connectivity index (χ0v) is 27.7. The van der Waals surface area contributed by atoms with E-state index in [2.05, 4.69) is 23.5 Å². The molecule has 3 amide bonds. The Hall–Kier alpha value is -4.16. The summed E-state index contributed by atoms with van der Waals surface area (Å²) in [7, 11) is 0. The molecule has 3 saturated heterocycles. The number of aromatic nitrogens is 3. The van der Waals surface area contributed by atoms with Crippen molar-refractivity contribution in [1.29, 1.82) is 0 Å². The zero-order valence-electron chi connectivity index (χ0n) is 26.9. The Morgan fingerprint density at radius 3 is 2.55 bits per heavy atom. The number of aliphatic hydroxyl groups is 1. The Morgan fingerprint density at radius 1 is 1.13 bits per heavy atom. The molecule has 248 valence electrons. The molecule has 11 nitrogen and oxygen atoms in total. The molecule has 0 radical (unpaired) electrons. The minimum Gasteiger partial charge on any atom is -0.494 e. The number of para-hydroxylation sites is 1. The second kappa shape index (κ2) is 13.5. The van der Waals surface area contributed by atoms with E-state index in [9.17, 15) is 19.5 Å². The first-order valence-electron chi connectivity index (χ1n) is 16.3. The topological polar surface area (TPSA) is 121 Å². The number of amides is 3. The molecule has 2 aromatic carbocycles. The monoisotopic (exact) mass is 658 g/mol. The number of likely N-dealkylation sites (tertiary alicyclic amines) is 1. The number of carbonyl (C=O) groups is 3. The van der Waals surface area contributed by atoms with Gasteiger partial charge >= 0.3 is 0 Å². The first-order valence-corrected chi connectivity index (χ1v) is 17.1. The predicted molar refractivity (Wildman–Crippen MR) is 182 cm³/mol. The van der Waals surface area contributed by atoms with E-state index in [1.54, 1.807) is 43.3 Å². The summed E-state index contributed by atoms with van der Waals surface area (Å²) in [6, 6.07) is 13.4. The molecule has 12 heteroatoms. The molecular weight excluding hydrogens is 616 g/mol. The van der Waals surface area contributed by atoms with Crippen molar-refractivity contribution in [1.82, 2.24) is 24.8 Å². The van der Waals surface area contributed by atoms with Crippen LogP contribution in [0.3, 0.4) is 0 Å². The van der Waals surface area contributed by atoms with Gasteiger partial charge < -0.3 is 24.5 Å². The van der Waals surface area contributed by atoms with Gasteiger partial charge in [-0.05, 0) is 62.6 Å². The largest absolute Gasteiger partial charge is 0.494 e. The Bertz CT molecular complexity index is 1660. The van der Waals surface area contributed by atoms with E-state index in [4.69, 9.17) is 4.74 Å². The summed E-state index contributed by atoms with van der Waals surface area (Å²) in [5.74, 6) is -1.28. The summed E-state index contributed by atoms with van der Waals surface area (Å²) in [6.07, 6.45) is 5.13. The van der Waals surface area contributed by atoms with Gasteiger partial charge in [0.2, 0.25) is 17.7 Å². The molecule has 2 bridgehead atoms. The van der Waals surface area contributed by atoms with Crippen molar-refractivity contribution in [2.24, 2.45) is 11.8 Å². The summed E-state index contributed by atoms with van der Waals surface area (Å²) < 4.78 is 6.46. The zero-order chi connectivity index (χ0) is 33.3. The number of benzene rings is 2. The predicted octanol–water partition coefficient (Wildman–Crippen LogP) is 3.88. The molecule has 3 aliphatic heterocycles. The van der Waals surface area contributed by atoms with Gasteiger partial charge in [0.1, 0.15) is 24.0 Å². The SMILES string of the molecule is C=CCN(Cn1nnc2ccccc21)C(=O)C1N([C@@H](CC)CO)C(=O)[C@@H]2[C@H](C(=O)N(CC=C)c3ccc(OCC)cc3)[C@@H]3CCC12S3. The van der Waals surface area contributed by atoms with Crippen molar-refractivity contribution < 1.29 is 24.2 Å². The maximum atomic E-state index is 14.8. The van der Waals surface area contributed by atoms with Crippen molar-refractivity contribution in [2.75, 3.05) is 31.2 Å². The third kappa shape index (κ3) is 5.50. The van der Waals surface area contributed by atoms with Gasteiger partial charge in [-0.3, -0.25) is 14.4 Å². The fraction of sp³-hybridized carbons (Fsp3) is 0.457. The number of anilines is 1. The van der Waals surface area contributed by atoms with Crippen LogP contribution in [0, 0.1) is 11.8 Å². The van der Waals surface area contributed by atoms with Crippen LogP contribution < -0.4 is 9.64 Å². The Balaban J connectivity index is 1.37. The fourth-order valence-electron chi connectivity index (χ4n) is 7.71. The lowest BCUT2D eigenvalue weighted by atomic mass is 9.70. The van der Waals surface area contributed by atoms with Crippen LogP contribution in [-0.2, 0) is 21.1 Å². The van der Waals surface area contributed by atoms with E-state index < -0.39 is 28.7 Å². The summed E-state index contributed by atoms with van der Waals surface area (Å²) in [4.78, 5) is 49.0. The summed E-state index contributed by atoms with van der Waals surface area (Å²) >= 11 is 1.61. The molecule has 2 unspecified atom stereocenters. The molecule has 0 aliphatic carbocycles. The third-order valence-corrected chi connectivity index (χ3v) is 11.7. The van der Waals surface area contributed by atoms with Crippen molar-refractivity contribution in [3.8, 4) is 5.75 Å². The van der Waals surface area contributed by atoms with Gasteiger partial charge in [0.25, 0.3) is 0 Å². The number of aliphatic hydroxyl groups excluding tert-OH is 1. The highest BCUT2D eigenvalue weighted by Gasteiger charge is 2.74. The Labute approximate surface area is 279 Å². The Morgan fingerprint density at radius 2 is 1.87 bits per heavy atom. The molecule has 1 spiro atoms. The van der Waals surface area contributed by atoms with Crippen LogP contribution >= 0.6 is 11.8 Å². The van der Waals surface area contributed by atoms with Crippen LogP contribution in [0.2, 0.25) is 0 Å². The number of carbonyl (C=O) groups excluding carboxylic acids is 3. The first-order chi connectivity index (χ1) is 22.8. The average Bonchev–Trinajstić information content (AvgIpc) is 3.84. The fourth-order valence-corrected chi connectivity index (χ4v) is 9.90. The van der Waals surface area contributed by atoms with Crippen LogP contribution in [0.25, 0.3) is 11.0 Å². The molecule has 6 atom stereocenters. The van der Waals surface area contributed by atoms with Gasteiger partial charge in [-0.25, -0.2) is 4.68 Å². The summed E-state index contributed by atoms with van der Waals surface area (Å²) in [5, 5.41) is 18.9. The molecular formula is C35H42N6O5S. The van der Waals surface area contributed by atoms with Crippen LogP contribution in [0.4, 0.5) is 5.69 Å².